The van der Waals surface area contributed by atoms with Crippen molar-refractivity contribution in [2.24, 2.45) is 0 Å². The molecule has 0 aliphatic heterocycles. The molecule has 0 aromatic carbocycles. The van der Waals surface area contributed by atoms with Crippen molar-refractivity contribution in [1.29, 1.82) is 0 Å². The van der Waals surface area contributed by atoms with E-state index in [1.165, 1.54) is 51.4 Å². The van der Waals surface area contributed by atoms with Gasteiger partial charge < -0.3 is 9.47 Å². The van der Waals surface area contributed by atoms with Crippen LogP contribution < -0.4 is 0 Å². The lowest BCUT2D eigenvalue weighted by Gasteiger charge is -2.31. The van der Waals surface area contributed by atoms with Crippen molar-refractivity contribution in [3.63, 3.8) is 0 Å². The van der Waals surface area contributed by atoms with Crippen LogP contribution in [0.4, 0.5) is 0 Å². The molecule has 1 aliphatic carbocycles. The Hall–Kier alpha value is -0.600. The Balaban J connectivity index is 2.11. The third-order valence-electron chi connectivity index (χ3n) is 4.31. The molecular formula is C20H36O2. The zero-order valence-corrected chi connectivity index (χ0v) is 14.8. The van der Waals surface area contributed by atoms with Gasteiger partial charge in [-0.1, -0.05) is 37.1 Å². The second-order valence-electron chi connectivity index (χ2n) is 6.23. The molecule has 128 valence electrons. The minimum absolute atomic E-state index is 0.339. The minimum Gasteiger partial charge on any atom is -0.376 e. The first-order valence-corrected chi connectivity index (χ1v) is 9.34. The first-order chi connectivity index (χ1) is 10.9. The monoisotopic (exact) mass is 308 g/mol. The van der Waals surface area contributed by atoms with Crippen LogP contribution in [0, 0.1) is 0 Å². The molecule has 0 radical (unpaired) electrons. The number of hydrogen-bond acceptors (Lipinski definition) is 2. The molecule has 0 spiro atoms. The highest BCUT2D eigenvalue weighted by Gasteiger charge is 2.26. The first-order valence-electron chi connectivity index (χ1n) is 9.34. The van der Waals surface area contributed by atoms with Crippen molar-refractivity contribution >= 4 is 0 Å². The van der Waals surface area contributed by atoms with E-state index in [4.69, 9.17) is 9.47 Å². The Morgan fingerprint density at radius 2 is 1.18 bits per heavy atom. The summed E-state index contributed by atoms with van der Waals surface area (Å²) < 4.78 is 12.2. The van der Waals surface area contributed by atoms with E-state index in [0.717, 1.165) is 26.1 Å². The Morgan fingerprint density at radius 3 is 1.59 bits per heavy atom. The van der Waals surface area contributed by atoms with Crippen LogP contribution in [0.5, 0.6) is 0 Å². The van der Waals surface area contributed by atoms with Crippen LogP contribution in [-0.4, -0.2) is 25.4 Å². The van der Waals surface area contributed by atoms with E-state index < -0.39 is 0 Å². The van der Waals surface area contributed by atoms with Crippen molar-refractivity contribution in [3.8, 4) is 0 Å². The van der Waals surface area contributed by atoms with Gasteiger partial charge in [0.05, 0.1) is 12.2 Å². The zero-order valence-electron chi connectivity index (χ0n) is 14.8. The van der Waals surface area contributed by atoms with Crippen LogP contribution in [0.25, 0.3) is 0 Å². The number of hydrogen-bond donors (Lipinski definition) is 0. The predicted octanol–water partition coefficient (Wildman–Crippen LogP) is 5.82. The molecule has 2 nitrogen and oxygen atoms in total. The summed E-state index contributed by atoms with van der Waals surface area (Å²) in [5.74, 6) is 0. The lowest BCUT2D eigenvalue weighted by atomic mass is 9.94. The van der Waals surface area contributed by atoms with Crippen LogP contribution >= 0.6 is 0 Å². The van der Waals surface area contributed by atoms with Gasteiger partial charge in [-0.2, -0.15) is 0 Å². The largest absolute Gasteiger partial charge is 0.376 e. The fourth-order valence-electron chi connectivity index (χ4n) is 2.98. The minimum atomic E-state index is 0.339. The highest BCUT2D eigenvalue weighted by atomic mass is 16.5. The van der Waals surface area contributed by atoms with Gasteiger partial charge in [-0.25, -0.2) is 0 Å². The number of allylic oxidation sites excluding steroid dienone is 4. The molecule has 2 heteroatoms. The van der Waals surface area contributed by atoms with E-state index in [2.05, 4.69) is 38.2 Å². The summed E-state index contributed by atoms with van der Waals surface area (Å²) in [4.78, 5) is 0. The standard InChI is InChI=1S/C20H36O2/c1-3-5-7-9-13-17-21-19-15-11-12-16-20(19)22-18-14-10-8-6-4-2/h3-6,19-20H,7-18H2,1-2H3. The van der Waals surface area contributed by atoms with E-state index in [0.29, 0.717) is 12.2 Å². The number of rotatable bonds is 12. The second-order valence-corrected chi connectivity index (χ2v) is 6.23. The Bertz CT molecular complexity index is 266. The van der Waals surface area contributed by atoms with Crippen molar-refractivity contribution in [1.82, 2.24) is 0 Å². The van der Waals surface area contributed by atoms with Crippen molar-refractivity contribution in [2.45, 2.75) is 90.3 Å². The van der Waals surface area contributed by atoms with Gasteiger partial charge in [0, 0.05) is 13.2 Å². The Kier molecular flexibility index (Phi) is 12.4. The van der Waals surface area contributed by atoms with Crippen LogP contribution in [0.15, 0.2) is 24.3 Å². The van der Waals surface area contributed by atoms with Gasteiger partial charge in [0.2, 0.25) is 0 Å². The van der Waals surface area contributed by atoms with Gasteiger partial charge in [-0.15, -0.1) is 0 Å². The summed E-state index contributed by atoms with van der Waals surface area (Å²) in [6.45, 7) is 5.95. The van der Waals surface area contributed by atoms with Crippen molar-refractivity contribution in [2.75, 3.05) is 13.2 Å². The number of ether oxygens (including phenoxy) is 2. The summed E-state index contributed by atoms with van der Waals surface area (Å²) in [6.07, 6.45) is 21.5. The first kappa shape index (κ1) is 19.4. The molecule has 22 heavy (non-hydrogen) atoms. The molecule has 1 saturated carbocycles. The van der Waals surface area contributed by atoms with E-state index in [-0.39, 0.29) is 0 Å². The van der Waals surface area contributed by atoms with E-state index in [1.807, 2.05) is 0 Å². The highest BCUT2D eigenvalue weighted by Crippen LogP contribution is 2.24. The third-order valence-corrected chi connectivity index (χ3v) is 4.31. The molecule has 0 heterocycles. The Labute approximate surface area is 138 Å². The second kappa shape index (κ2) is 14.0. The van der Waals surface area contributed by atoms with Crippen LogP contribution in [-0.2, 0) is 9.47 Å². The molecular weight excluding hydrogens is 272 g/mol. The molecule has 1 aliphatic rings. The van der Waals surface area contributed by atoms with Gasteiger partial charge in [0.15, 0.2) is 0 Å². The summed E-state index contributed by atoms with van der Waals surface area (Å²) in [6, 6.07) is 0. The smallest absolute Gasteiger partial charge is 0.0836 e. The summed E-state index contributed by atoms with van der Waals surface area (Å²) in [5.41, 5.74) is 0. The molecule has 0 aromatic heterocycles. The highest BCUT2D eigenvalue weighted by molar-refractivity contribution is 4.78. The average Bonchev–Trinajstić information content (AvgIpc) is 2.55. The molecule has 2 atom stereocenters. The summed E-state index contributed by atoms with van der Waals surface area (Å²) in [5, 5.41) is 0. The Morgan fingerprint density at radius 1 is 0.727 bits per heavy atom. The molecule has 1 rings (SSSR count). The molecule has 1 fully saturated rings. The van der Waals surface area contributed by atoms with Gasteiger partial charge in [0.25, 0.3) is 0 Å². The lowest BCUT2D eigenvalue weighted by Crippen LogP contribution is -2.35. The molecule has 0 N–H and O–H groups in total. The number of unbranched alkanes of at least 4 members (excludes halogenated alkanes) is 4. The molecule has 0 amide bonds. The average molecular weight is 309 g/mol. The third kappa shape index (κ3) is 9.42. The van der Waals surface area contributed by atoms with E-state index in [1.54, 1.807) is 0 Å². The quantitative estimate of drug-likeness (QED) is 0.334. The van der Waals surface area contributed by atoms with Gasteiger partial charge in [-0.3, -0.25) is 0 Å². The van der Waals surface area contributed by atoms with E-state index >= 15 is 0 Å². The maximum atomic E-state index is 6.11. The SMILES string of the molecule is CC=CCCCCOC1CCCCC1OCCCCC=CC. The van der Waals surface area contributed by atoms with E-state index in [9.17, 15) is 0 Å². The topological polar surface area (TPSA) is 18.5 Å². The van der Waals surface area contributed by atoms with Gasteiger partial charge in [0.1, 0.15) is 0 Å². The van der Waals surface area contributed by atoms with Crippen LogP contribution in [0.1, 0.15) is 78.1 Å². The summed E-state index contributed by atoms with van der Waals surface area (Å²) in [7, 11) is 0. The van der Waals surface area contributed by atoms with Crippen molar-refractivity contribution < 1.29 is 9.47 Å². The molecule has 0 saturated heterocycles. The van der Waals surface area contributed by atoms with Crippen molar-refractivity contribution in [3.05, 3.63) is 24.3 Å². The lowest BCUT2D eigenvalue weighted by molar-refractivity contribution is -0.0932. The molecule has 0 aromatic rings. The predicted molar refractivity (Wildman–Crippen MR) is 95.3 cm³/mol. The fraction of sp³-hybridized carbons (Fsp3) is 0.800. The van der Waals surface area contributed by atoms with Gasteiger partial charge >= 0.3 is 0 Å². The maximum Gasteiger partial charge on any atom is 0.0836 e. The zero-order chi connectivity index (χ0) is 15.9. The van der Waals surface area contributed by atoms with Crippen LogP contribution in [0.3, 0.4) is 0 Å². The summed E-state index contributed by atoms with van der Waals surface area (Å²) >= 11 is 0. The van der Waals surface area contributed by atoms with Crippen LogP contribution in [0.2, 0.25) is 0 Å². The molecule has 0 bridgehead atoms. The normalized spacial score (nSPS) is 22.8. The van der Waals surface area contributed by atoms with Gasteiger partial charge in [-0.05, 0) is 65.2 Å². The molecule has 2 unspecified atom stereocenters. The maximum absolute atomic E-state index is 6.11. The fourth-order valence-corrected chi connectivity index (χ4v) is 2.98.